The van der Waals surface area contributed by atoms with Crippen molar-refractivity contribution < 1.29 is 4.79 Å². The predicted molar refractivity (Wildman–Crippen MR) is 111 cm³/mol. The highest BCUT2D eigenvalue weighted by Crippen LogP contribution is 2.27. The molecule has 0 saturated carbocycles. The molecule has 142 valence electrons. The maximum atomic E-state index is 13.0. The normalized spacial score (nSPS) is 12.5. The molecule has 0 fully saturated rings. The minimum absolute atomic E-state index is 0.283. The van der Waals surface area contributed by atoms with Gasteiger partial charge in [0.15, 0.2) is 5.13 Å². The van der Waals surface area contributed by atoms with Crippen molar-refractivity contribution in [2.24, 2.45) is 5.92 Å². The van der Waals surface area contributed by atoms with Gasteiger partial charge in [0.25, 0.3) is 5.56 Å². The van der Waals surface area contributed by atoms with Gasteiger partial charge in [0.2, 0.25) is 5.91 Å². The van der Waals surface area contributed by atoms with Crippen molar-refractivity contribution in [2.75, 3.05) is 5.32 Å². The van der Waals surface area contributed by atoms with Crippen molar-refractivity contribution >= 4 is 43.5 Å². The van der Waals surface area contributed by atoms with Crippen LogP contribution in [0, 0.1) is 5.92 Å². The number of carbonyl (C=O) groups excluding carboxylic acids is 1. The standard InChI is InChI=1S/C20H18N4O3S/c1-11(2)16(17(25)23-19-21-14-9-5-6-10-15(14)28-19)24-18(26)12-7-3-4-8-13(12)22-20(24)27/h3-11,16H,1-2H3,(H,22,27)(H,21,23,25). The summed E-state index contributed by atoms with van der Waals surface area (Å²) in [6.45, 7) is 3.59. The van der Waals surface area contributed by atoms with Crippen LogP contribution < -0.4 is 16.6 Å². The van der Waals surface area contributed by atoms with Crippen LogP contribution in [0.4, 0.5) is 5.13 Å². The SMILES string of the molecule is CC(C)C(C(=O)Nc1nc2ccccc2s1)n1c(=O)[nH]c2ccccc2c1=O. The molecule has 1 unspecified atom stereocenters. The highest BCUT2D eigenvalue weighted by molar-refractivity contribution is 7.22. The Morgan fingerprint density at radius 2 is 1.82 bits per heavy atom. The van der Waals surface area contributed by atoms with Gasteiger partial charge < -0.3 is 10.3 Å². The monoisotopic (exact) mass is 394 g/mol. The Morgan fingerprint density at radius 3 is 2.57 bits per heavy atom. The molecule has 8 heteroatoms. The number of hydrogen-bond donors (Lipinski definition) is 2. The van der Waals surface area contributed by atoms with Crippen molar-refractivity contribution in [3.63, 3.8) is 0 Å². The lowest BCUT2D eigenvalue weighted by molar-refractivity contribution is -0.120. The van der Waals surface area contributed by atoms with Crippen LogP contribution in [-0.4, -0.2) is 20.4 Å². The van der Waals surface area contributed by atoms with Crippen molar-refractivity contribution in [3.8, 4) is 0 Å². The molecule has 0 spiro atoms. The van der Waals surface area contributed by atoms with Crippen molar-refractivity contribution in [2.45, 2.75) is 19.9 Å². The molecule has 0 aliphatic heterocycles. The van der Waals surface area contributed by atoms with E-state index in [1.807, 2.05) is 24.3 Å². The highest BCUT2D eigenvalue weighted by atomic mass is 32.1. The Hall–Kier alpha value is -3.26. The third-order valence-electron chi connectivity index (χ3n) is 4.54. The smallest absolute Gasteiger partial charge is 0.307 e. The van der Waals surface area contributed by atoms with Gasteiger partial charge in [-0.3, -0.25) is 9.59 Å². The van der Waals surface area contributed by atoms with E-state index in [4.69, 9.17) is 0 Å². The van der Waals surface area contributed by atoms with Crippen LogP contribution in [0.1, 0.15) is 19.9 Å². The van der Waals surface area contributed by atoms with E-state index in [1.54, 1.807) is 38.1 Å². The fourth-order valence-corrected chi connectivity index (χ4v) is 4.12. The topological polar surface area (TPSA) is 96.8 Å². The summed E-state index contributed by atoms with van der Waals surface area (Å²) in [6, 6.07) is 13.3. The quantitative estimate of drug-likeness (QED) is 0.556. The Balaban J connectivity index is 1.77. The first kappa shape index (κ1) is 18.1. The van der Waals surface area contributed by atoms with Crippen LogP contribution in [-0.2, 0) is 4.79 Å². The molecule has 0 radical (unpaired) electrons. The van der Waals surface area contributed by atoms with Crippen LogP contribution in [0.2, 0.25) is 0 Å². The largest absolute Gasteiger partial charge is 0.329 e. The summed E-state index contributed by atoms with van der Waals surface area (Å²) in [7, 11) is 0. The number of nitrogens with one attached hydrogen (secondary N) is 2. The van der Waals surface area contributed by atoms with Gasteiger partial charge in [-0.1, -0.05) is 49.4 Å². The maximum Gasteiger partial charge on any atom is 0.329 e. The molecular formula is C20H18N4O3S. The number of rotatable bonds is 4. The van der Waals surface area contributed by atoms with Crippen LogP contribution in [0.15, 0.2) is 58.1 Å². The summed E-state index contributed by atoms with van der Waals surface area (Å²) < 4.78 is 1.94. The number of benzene rings is 2. The van der Waals surface area contributed by atoms with Gasteiger partial charge in [0.05, 0.1) is 21.1 Å². The van der Waals surface area contributed by atoms with E-state index in [0.29, 0.717) is 16.0 Å². The first-order chi connectivity index (χ1) is 13.5. The summed E-state index contributed by atoms with van der Waals surface area (Å²) >= 11 is 1.34. The zero-order valence-electron chi connectivity index (χ0n) is 15.3. The van der Waals surface area contributed by atoms with E-state index in [9.17, 15) is 14.4 Å². The maximum absolute atomic E-state index is 13.0. The van der Waals surface area contributed by atoms with Gasteiger partial charge in [0.1, 0.15) is 6.04 Å². The van der Waals surface area contributed by atoms with Gasteiger partial charge in [-0.15, -0.1) is 0 Å². The second kappa shape index (κ2) is 7.05. The second-order valence-corrected chi connectivity index (χ2v) is 7.85. The van der Waals surface area contributed by atoms with Crippen LogP contribution in [0.5, 0.6) is 0 Å². The third-order valence-corrected chi connectivity index (χ3v) is 5.49. The molecule has 0 bridgehead atoms. The van der Waals surface area contributed by atoms with E-state index in [1.165, 1.54) is 11.3 Å². The number of aromatic nitrogens is 3. The zero-order valence-corrected chi connectivity index (χ0v) is 16.1. The number of anilines is 1. The molecule has 1 amide bonds. The number of H-pyrrole nitrogens is 1. The molecule has 2 aromatic heterocycles. The molecule has 28 heavy (non-hydrogen) atoms. The van der Waals surface area contributed by atoms with Crippen molar-refractivity contribution in [1.82, 2.24) is 14.5 Å². The molecule has 0 aliphatic rings. The van der Waals surface area contributed by atoms with E-state index < -0.39 is 23.2 Å². The average molecular weight is 394 g/mol. The summed E-state index contributed by atoms with van der Waals surface area (Å²) in [5, 5.41) is 3.56. The van der Waals surface area contributed by atoms with Crippen molar-refractivity contribution in [1.29, 1.82) is 0 Å². The van der Waals surface area contributed by atoms with Gasteiger partial charge in [-0.2, -0.15) is 0 Å². The molecule has 0 saturated heterocycles. The number of amides is 1. The van der Waals surface area contributed by atoms with Crippen LogP contribution in [0.25, 0.3) is 21.1 Å². The molecule has 2 heterocycles. The number of aromatic amines is 1. The summed E-state index contributed by atoms with van der Waals surface area (Å²) in [5.41, 5.74) is 0.131. The summed E-state index contributed by atoms with van der Waals surface area (Å²) in [4.78, 5) is 45.7. The first-order valence-electron chi connectivity index (χ1n) is 8.85. The number of carbonyl (C=O) groups is 1. The van der Waals surface area contributed by atoms with Crippen LogP contribution >= 0.6 is 11.3 Å². The van der Waals surface area contributed by atoms with Gasteiger partial charge >= 0.3 is 5.69 Å². The second-order valence-electron chi connectivity index (χ2n) is 6.82. The molecule has 0 aliphatic carbocycles. The lowest BCUT2D eigenvalue weighted by Gasteiger charge is -2.21. The van der Waals surface area contributed by atoms with Gasteiger partial charge in [-0.25, -0.2) is 14.3 Å². The number of thiazole rings is 1. The number of para-hydroxylation sites is 2. The average Bonchev–Trinajstić information content (AvgIpc) is 3.06. The Bertz CT molecular complexity index is 1270. The molecule has 7 nitrogen and oxygen atoms in total. The first-order valence-corrected chi connectivity index (χ1v) is 9.67. The third kappa shape index (κ3) is 3.11. The molecule has 4 rings (SSSR count). The molecule has 2 N–H and O–H groups in total. The minimum Gasteiger partial charge on any atom is -0.307 e. The van der Waals surface area contributed by atoms with E-state index in [0.717, 1.165) is 14.8 Å². The van der Waals surface area contributed by atoms with Gasteiger partial charge in [0, 0.05) is 0 Å². The number of hydrogen-bond acceptors (Lipinski definition) is 5. The molecular weight excluding hydrogens is 376 g/mol. The van der Waals surface area contributed by atoms with E-state index in [-0.39, 0.29) is 5.92 Å². The van der Waals surface area contributed by atoms with E-state index >= 15 is 0 Å². The van der Waals surface area contributed by atoms with E-state index in [2.05, 4.69) is 15.3 Å². The van der Waals surface area contributed by atoms with Crippen LogP contribution in [0.3, 0.4) is 0 Å². The number of nitrogens with zero attached hydrogens (tertiary/aromatic N) is 2. The fraction of sp³-hybridized carbons (Fsp3) is 0.200. The Labute approximate surface area is 163 Å². The molecule has 2 aromatic carbocycles. The Kier molecular flexibility index (Phi) is 4.56. The zero-order chi connectivity index (χ0) is 19.8. The molecule has 1 atom stereocenters. The van der Waals surface area contributed by atoms with Crippen molar-refractivity contribution in [3.05, 3.63) is 69.4 Å². The molecule has 4 aromatic rings. The lowest BCUT2D eigenvalue weighted by Crippen LogP contribution is -2.44. The lowest BCUT2D eigenvalue weighted by atomic mass is 10.0. The summed E-state index contributed by atoms with van der Waals surface area (Å²) in [5.74, 6) is -0.730. The fourth-order valence-electron chi connectivity index (χ4n) is 3.25. The minimum atomic E-state index is -0.965. The highest BCUT2D eigenvalue weighted by Gasteiger charge is 2.28. The van der Waals surface area contributed by atoms with Gasteiger partial charge in [-0.05, 0) is 30.2 Å². The summed E-state index contributed by atoms with van der Waals surface area (Å²) in [6.07, 6.45) is 0. The Morgan fingerprint density at radius 1 is 1.11 bits per heavy atom. The number of fused-ring (bicyclic) bond motifs is 2. The predicted octanol–water partition coefficient (Wildman–Crippen LogP) is 3.14.